The molecule has 0 aliphatic rings. The summed E-state index contributed by atoms with van der Waals surface area (Å²) in [6.07, 6.45) is -0.682. The van der Waals surface area contributed by atoms with Gasteiger partial charge in [-0.2, -0.15) is 0 Å². The predicted octanol–water partition coefficient (Wildman–Crippen LogP) is 1.69. The number of aliphatic hydroxyl groups excluding tert-OH is 1. The summed E-state index contributed by atoms with van der Waals surface area (Å²) in [6, 6.07) is 7.76. The summed E-state index contributed by atoms with van der Waals surface area (Å²) in [4.78, 5) is 10.3. The Kier molecular flexibility index (Phi) is 4.87. The lowest BCUT2D eigenvalue weighted by atomic mass is 9.86. The van der Waals surface area contributed by atoms with E-state index in [0.717, 1.165) is 5.56 Å². The van der Waals surface area contributed by atoms with E-state index < -0.39 is 12.1 Å². The van der Waals surface area contributed by atoms with Crippen molar-refractivity contribution in [2.45, 2.75) is 32.3 Å². The number of hydrogen-bond acceptors (Lipinski definition) is 3. The molecule has 4 nitrogen and oxygen atoms in total. The van der Waals surface area contributed by atoms with Crippen LogP contribution in [0.1, 0.15) is 38.0 Å². The van der Waals surface area contributed by atoms with E-state index in [1.807, 2.05) is 24.3 Å². The molecule has 18 heavy (non-hydrogen) atoms. The van der Waals surface area contributed by atoms with Gasteiger partial charge in [0.1, 0.15) is 0 Å². The second-order valence-electron chi connectivity index (χ2n) is 5.41. The fraction of sp³-hybridized carbons (Fsp3) is 0.500. The maximum absolute atomic E-state index is 10.3. The molecule has 0 saturated carbocycles. The molecule has 0 fully saturated rings. The number of nitrogens with one attached hydrogen (secondary N) is 1. The zero-order chi connectivity index (χ0) is 13.8. The van der Waals surface area contributed by atoms with Crippen molar-refractivity contribution in [2.24, 2.45) is 0 Å². The van der Waals surface area contributed by atoms with Crippen LogP contribution in [0.15, 0.2) is 24.3 Å². The second-order valence-corrected chi connectivity index (χ2v) is 5.41. The molecule has 0 radical (unpaired) electrons. The molecule has 4 heteroatoms. The minimum atomic E-state index is -0.926. The molecule has 3 N–H and O–H groups in total. The molecule has 0 saturated heterocycles. The van der Waals surface area contributed by atoms with Crippen LogP contribution < -0.4 is 5.32 Å². The van der Waals surface area contributed by atoms with Crippen molar-refractivity contribution in [3.8, 4) is 0 Å². The molecule has 1 atom stereocenters. The van der Waals surface area contributed by atoms with E-state index in [9.17, 15) is 9.90 Å². The van der Waals surface area contributed by atoms with E-state index in [1.54, 1.807) is 0 Å². The number of rotatable bonds is 5. The highest BCUT2D eigenvalue weighted by molar-refractivity contribution is 5.68. The van der Waals surface area contributed by atoms with Crippen molar-refractivity contribution in [2.75, 3.05) is 13.1 Å². The average Bonchev–Trinajstić information content (AvgIpc) is 2.27. The van der Waals surface area contributed by atoms with Gasteiger partial charge in [-0.3, -0.25) is 4.79 Å². The third kappa shape index (κ3) is 4.47. The number of aliphatic hydroxyl groups is 1. The van der Waals surface area contributed by atoms with Crippen LogP contribution in [-0.2, 0) is 10.2 Å². The van der Waals surface area contributed by atoms with Gasteiger partial charge in [-0.05, 0) is 16.5 Å². The van der Waals surface area contributed by atoms with Crippen LogP contribution >= 0.6 is 0 Å². The van der Waals surface area contributed by atoms with Gasteiger partial charge >= 0.3 is 5.97 Å². The molecule has 0 aliphatic carbocycles. The average molecular weight is 251 g/mol. The largest absolute Gasteiger partial charge is 0.480 e. The molecule has 0 spiro atoms. The lowest BCUT2D eigenvalue weighted by Crippen LogP contribution is -2.27. The van der Waals surface area contributed by atoms with E-state index in [2.05, 4.69) is 26.1 Å². The SMILES string of the molecule is CC(C)(C)c1ccc(C(O)CNCC(=O)O)cc1. The molecule has 0 aromatic heterocycles. The number of benzene rings is 1. The van der Waals surface area contributed by atoms with Gasteiger partial charge in [0.05, 0.1) is 12.6 Å². The van der Waals surface area contributed by atoms with Gasteiger partial charge in [0.25, 0.3) is 0 Å². The highest BCUT2D eigenvalue weighted by Crippen LogP contribution is 2.23. The highest BCUT2D eigenvalue weighted by Gasteiger charge is 2.14. The molecule has 0 heterocycles. The first kappa shape index (κ1) is 14.7. The molecule has 0 bridgehead atoms. The van der Waals surface area contributed by atoms with Crippen molar-refractivity contribution in [3.63, 3.8) is 0 Å². The van der Waals surface area contributed by atoms with Gasteiger partial charge in [-0.1, -0.05) is 45.0 Å². The van der Waals surface area contributed by atoms with Gasteiger partial charge in [0.15, 0.2) is 0 Å². The Bertz CT molecular complexity index is 392. The fourth-order valence-electron chi connectivity index (χ4n) is 1.64. The van der Waals surface area contributed by atoms with Crippen LogP contribution in [0, 0.1) is 0 Å². The van der Waals surface area contributed by atoms with Crippen molar-refractivity contribution in [3.05, 3.63) is 35.4 Å². The van der Waals surface area contributed by atoms with Crippen molar-refractivity contribution < 1.29 is 15.0 Å². The number of aliphatic carboxylic acids is 1. The first-order chi connectivity index (χ1) is 8.30. The fourth-order valence-corrected chi connectivity index (χ4v) is 1.64. The van der Waals surface area contributed by atoms with Crippen LogP contribution in [-0.4, -0.2) is 29.3 Å². The first-order valence-electron chi connectivity index (χ1n) is 6.01. The zero-order valence-corrected chi connectivity index (χ0v) is 11.1. The molecule has 0 aliphatic heterocycles. The van der Waals surface area contributed by atoms with Gasteiger partial charge in [-0.25, -0.2) is 0 Å². The summed E-state index contributed by atoms with van der Waals surface area (Å²) in [6.45, 7) is 6.49. The smallest absolute Gasteiger partial charge is 0.317 e. The normalized spacial score (nSPS) is 13.3. The molecule has 100 valence electrons. The maximum Gasteiger partial charge on any atom is 0.317 e. The predicted molar refractivity (Wildman–Crippen MR) is 70.6 cm³/mol. The summed E-state index contributed by atoms with van der Waals surface area (Å²) in [5.74, 6) is -0.926. The Balaban J connectivity index is 2.59. The lowest BCUT2D eigenvalue weighted by Gasteiger charge is -2.20. The van der Waals surface area contributed by atoms with E-state index >= 15 is 0 Å². The van der Waals surface area contributed by atoms with Crippen LogP contribution in [0.3, 0.4) is 0 Å². The molecule has 1 aromatic carbocycles. The summed E-state index contributed by atoms with van der Waals surface area (Å²) in [7, 11) is 0. The molecule has 0 amide bonds. The Morgan fingerprint density at radius 2 is 1.83 bits per heavy atom. The molecular formula is C14H21NO3. The Morgan fingerprint density at radius 1 is 1.28 bits per heavy atom. The topological polar surface area (TPSA) is 69.6 Å². The zero-order valence-electron chi connectivity index (χ0n) is 11.1. The monoisotopic (exact) mass is 251 g/mol. The van der Waals surface area contributed by atoms with E-state index in [0.29, 0.717) is 0 Å². The summed E-state index contributed by atoms with van der Waals surface area (Å²) in [5.41, 5.74) is 2.09. The van der Waals surface area contributed by atoms with E-state index in [1.165, 1.54) is 5.56 Å². The summed E-state index contributed by atoms with van der Waals surface area (Å²) in [5, 5.41) is 21.0. The first-order valence-corrected chi connectivity index (χ1v) is 6.01. The van der Waals surface area contributed by atoms with Crippen LogP contribution in [0.25, 0.3) is 0 Å². The van der Waals surface area contributed by atoms with Gasteiger partial charge in [0, 0.05) is 6.54 Å². The molecule has 1 unspecified atom stereocenters. The van der Waals surface area contributed by atoms with Crippen molar-refractivity contribution in [1.82, 2.24) is 5.32 Å². The number of carboxylic acids is 1. The van der Waals surface area contributed by atoms with E-state index in [4.69, 9.17) is 5.11 Å². The number of hydrogen-bond donors (Lipinski definition) is 3. The van der Waals surface area contributed by atoms with Crippen molar-refractivity contribution in [1.29, 1.82) is 0 Å². The highest BCUT2D eigenvalue weighted by atomic mass is 16.4. The standard InChI is InChI=1S/C14H21NO3/c1-14(2,3)11-6-4-10(5-7-11)12(16)8-15-9-13(17)18/h4-7,12,15-16H,8-9H2,1-3H3,(H,17,18). The minimum Gasteiger partial charge on any atom is -0.480 e. The maximum atomic E-state index is 10.3. The van der Waals surface area contributed by atoms with E-state index in [-0.39, 0.29) is 18.5 Å². The molecule has 1 rings (SSSR count). The lowest BCUT2D eigenvalue weighted by molar-refractivity contribution is -0.136. The quantitative estimate of drug-likeness (QED) is 0.745. The third-order valence-electron chi connectivity index (χ3n) is 2.78. The van der Waals surface area contributed by atoms with Gasteiger partial charge in [0.2, 0.25) is 0 Å². The van der Waals surface area contributed by atoms with Gasteiger partial charge in [-0.15, -0.1) is 0 Å². The Morgan fingerprint density at radius 3 is 2.28 bits per heavy atom. The summed E-state index contributed by atoms with van der Waals surface area (Å²) < 4.78 is 0. The van der Waals surface area contributed by atoms with Crippen LogP contribution in [0.5, 0.6) is 0 Å². The van der Waals surface area contributed by atoms with Crippen molar-refractivity contribution >= 4 is 5.97 Å². The molecule has 1 aromatic rings. The summed E-state index contributed by atoms with van der Waals surface area (Å²) >= 11 is 0. The second kappa shape index (κ2) is 5.98. The Labute approximate surface area is 108 Å². The Hall–Kier alpha value is -1.39. The number of carboxylic acid groups (broad SMARTS) is 1. The van der Waals surface area contributed by atoms with Crippen LogP contribution in [0.2, 0.25) is 0 Å². The minimum absolute atomic E-state index is 0.0883. The molecular weight excluding hydrogens is 230 g/mol. The van der Waals surface area contributed by atoms with Gasteiger partial charge < -0.3 is 15.5 Å². The third-order valence-corrected chi connectivity index (χ3v) is 2.78. The number of carbonyl (C=O) groups is 1. The van der Waals surface area contributed by atoms with Crippen LogP contribution in [0.4, 0.5) is 0 Å².